The molecule has 5 nitrogen and oxygen atoms in total. The summed E-state index contributed by atoms with van der Waals surface area (Å²) in [6.45, 7) is 5.64. The zero-order valence-corrected chi connectivity index (χ0v) is 15.9. The summed E-state index contributed by atoms with van der Waals surface area (Å²) < 4.78 is 5.71. The molecule has 1 amide bonds. The summed E-state index contributed by atoms with van der Waals surface area (Å²) in [6.07, 6.45) is -0.631. The van der Waals surface area contributed by atoms with Crippen LogP contribution in [0.5, 0.6) is 5.75 Å². The van der Waals surface area contributed by atoms with Gasteiger partial charge in [0.05, 0.1) is 11.4 Å². The van der Waals surface area contributed by atoms with Crippen molar-refractivity contribution >= 4 is 28.9 Å². The zero-order chi connectivity index (χ0) is 18.5. The summed E-state index contributed by atoms with van der Waals surface area (Å²) in [5.41, 5.74) is 1.85. The van der Waals surface area contributed by atoms with Gasteiger partial charge in [0.25, 0.3) is 5.91 Å². The van der Waals surface area contributed by atoms with Gasteiger partial charge in [-0.1, -0.05) is 29.8 Å². The number of likely N-dealkylation sites (N-methyl/N-ethyl adjacent to an activating group) is 1. The quantitative estimate of drug-likeness (QED) is 0.871. The Kier molecular flexibility index (Phi) is 6.01. The molecule has 1 N–H and O–H groups in total. The van der Waals surface area contributed by atoms with E-state index in [9.17, 15) is 4.79 Å². The van der Waals surface area contributed by atoms with Crippen molar-refractivity contribution in [1.82, 2.24) is 4.90 Å². The van der Waals surface area contributed by atoms with Crippen LogP contribution in [0, 0.1) is 0 Å². The summed E-state index contributed by atoms with van der Waals surface area (Å²) in [4.78, 5) is 17.2. The van der Waals surface area contributed by atoms with Crippen LogP contribution in [-0.2, 0) is 4.79 Å². The van der Waals surface area contributed by atoms with E-state index in [1.165, 1.54) is 0 Å². The predicted octanol–water partition coefficient (Wildman–Crippen LogP) is 3.50. The number of nitrogens with zero attached hydrogens (tertiary/aromatic N) is 2. The van der Waals surface area contributed by atoms with Crippen molar-refractivity contribution in [2.45, 2.75) is 13.0 Å². The molecule has 1 heterocycles. The monoisotopic (exact) mass is 373 g/mol. The van der Waals surface area contributed by atoms with E-state index in [0.29, 0.717) is 10.8 Å². The molecule has 6 heteroatoms. The Morgan fingerprint density at radius 3 is 2.58 bits per heavy atom. The van der Waals surface area contributed by atoms with Crippen LogP contribution in [0.3, 0.4) is 0 Å². The van der Waals surface area contributed by atoms with Crippen molar-refractivity contribution in [1.29, 1.82) is 0 Å². The van der Waals surface area contributed by atoms with Crippen LogP contribution in [0.15, 0.2) is 48.5 Å². The van der Waals surface area contributed by atoms with Gasteiger partial charge in [0.2, 0.25) is 0 Å². The van der Waals surface area contributed by atoms with Gasteiger partial charge in [-0.25, -0.2) is 0 Å². The van der Waals surface area contributed by atoms with Crippen LogP contribution in [0.4, 0.5) is 11.4 Å². The summed E-state index contributed by atoms with van der Waals surface area (Å²) >= 11 is 5.97. The maximum atomic E-state index is 12.6. The summed E-state index contributed by atoms with van der Waals surface area (Å²) in [5, 5.41) is 3.58. The van der Waals surface area contributed by atoms with Gasteiger partial charge in [-0.05, 0) is 44.3 Å². The number of benzene rings is 2. The van der Waals surface area contributed by atoms with Crippen molar-refractivity contribution in [3.05, 3.63) is 53.6 Å². The second-order valence-corrected chi connectivity index (χ2v) is 6.95. The number of para-hydroxylation sites is 2. The van der Waals surface area contributed by atoms with E-state index in [0.717, 1.165) is 37.6 Å². The number of anilines is 2. The molecule has 1 aliphatic rings. The second-order valence-electron chi connectivity index (χ2n) is 6.51. The largest absolute Gasteiger partial charge is 0.481 e. The number of carbonyl (C=O) groups excluding carboxylic acids is 1. The fourth-order valence-electron chi connectivity index (χ4n) is 2.93. The van der Waals surface area contributed by atoms with Crippen molar-refractivity contribution in [2.24, 2.45) is 0 Å². The highest BCUT2D eigenvalue weighted by molar-refractivity contribution is 6.30. The molecule has 2 aromatic carbocycles. The van der Waals surface area contributed by atoms with E-state index in [2.05, 4.69) is 22.2 Å². The van der Waals surface area contributed by atoms with Crippen LogP contribution < -0.4 is 15.0 Å². The lowest BCUT2D eigenvalue weighted by atomic mass is 10.2. The molecule has 0 saturated carbocycles. The number of hydrogen-bond donors (Lipinski definition) is 1. The van der Waals surface area contributed by atoms with E-state index in [1.807, 2.05) is 24.3 Å². The molecule has 1 atom stereocenters. The van der Waals surface area contributed by atoms with Gasteiger partial charge in [0.1, 0.15) is 5.75 Å². The minimum absolute atomic E-state index is 0.188. The Labute approximate surface area is 159 Å². The second kappa shape index (κ2) is 8.43. The summed E-state index contributed by atoms with van der Waals surface area (Å²) in [7, 11) is 2.12. The maximum Gasteiger partial charge on any atom is 0.265 e. The molecule has 1 unspecified atom stereocenters. The molecule has 0 bridgehead atoms. The topological polar surface area (TPSA) is 44.8 Å². The van der Waals surface area contributed by atoms with E-state index in [1.54, 1.807) is 31.2 Å². The lowest BCUT2D eigenvalue weighted by Crippen LogP contribution is -2.44. The number of ether oxygens (including phenoxy) is 1. The smallest absolute Gasteiger partial charge is 0.265 e. The highest BCUT2D eigenvalue weighted by Crippen LogP contribution is 2.27. The van der Waals surface area contributed by atoms with Gasteiger partial charge >= 0.3 is 0 Å². The van der Waals surface area contributed by atoms with E-state index < -0.39 is 6.10 Å². The SMILES string of the molecule is CC(Oc1cccc(Cl)c1)C(=O)Nc1ccccc1N1CCN(C)CC1. The lowest BCUT2D eigenvalue weighted by Gasteiger charge is -2.35. The molecule has 138 valence electrons. The number of hydrogen-bond acceptors (Lipinski definition) is 4. The van der Waals surface area contributed by atoms with Gasteiger partial charge in [-0.15, -0.1) is 0 Å². The zero-order valence-electron chi connectivity index (χ0n) is 15.1. The highest BCUT2D eigenvalue weighted by atomic mass is 35.5. The molecular weight excluding hydrogens is 350 g/mol. The van der Waals surface area contributed by atoms with Crippen molar-refractivity contribution in [2.75, 3.05) is 43.4 Å². The third-order valence-electron chi connectivity index (χ3n) is 4.48. The van der Waals surface area contributed by atoms with Gasteiger partial charge in [0.15, 0.2) is 6.10 Å². The molecule has 3 rings (SSSR count). The first kappa shape index (κ1) is 18.5. The number of nitrogens with one attached hydrogen (secondary N) is 1. The molecule has 26 heavy (non-hydrogen) atoms. The van der Waals surface area contributed by atoms with E-state index in [-0.39, 0.29) is 5.91 Å². The van der Waals surface area contributed by atoms with Crippen LogP contribution in [0.25, 0.3) is 0 Å². The van der Waals surface area contributed by atoms with Crippen molar-refractivity contribution in [3.63, 3.8) is 0 Å². The molecule has 0 radical (unpaired) electrons. The fraction of sp³-hybridized carbons (Fsp3) is 0.350. The third kappa shape index (κ3) is 4.68. The molecule has 1 saturated heterocycles. The molecule has 1 aliphatic heterocycles. The standard InChI is InChI=1S/C20H24ClN3O2/c1-15(26-17-7-5-6-16(21)14-17)20(25)22-18-8-3-4-9-19(18)24-12-10-23(2)11-13-24/h3-9,14-15H,10-13H2,1-2H3,(H,22,25). The molecular formula is C20H24ClN3O2. The first-order chi connectivity index (χ1) is 12.5. The third-order valence-corrected chi connectivity index (χ3v) is 4.72. The van der Waals surface area contributed by atoms with Crippen molar-refractivity contribution < 1.29 is 9.53 Å². The molecule has 1 fully saturated rings. The first-order valence-electron chi connectivity index (χ1n) is 8.78. The summed E-state index contributed by atoms with van der Waals surface area (Å²) in [5.74, 6) is 0.388. The van der Waals surface area contributed by atoms with Gasteiger partial charge < -0.3 is 19.9 Å². The number of amides is 1. The number of rotatable bonds is 5. The molecule has 2 aromatic rings. The maximum absolute atomic E-state index is 12.6. The first-order valence-corrected chi connectivity index (χ1v) is 9.16. The molecule has 0 spiro atoms. The highest BCUT2D eigenvalue weighted by Gasteiger charge is 2.20. The van der Waals surface area contributed by atoms with Gasteiger partial charge in [-0.2, -0.15) is 0 Å². The van der Waals surface area contributed by atoms with Crippen LogP contribution in [0.2, 0.25) is 5.02 Å². The number of carbonyl (C=O) groups is 1. The average molecular weight is 374 g/mol. The van der Waals surface area contributed by atoms with Crippen LogP contribution in [0.1, 0.15) is 6.92 Å². The Morgan fingerprint density at radius 2 is 1.85 bits per heavy atom. The molecule has 0 aromatic heterocycles. The Bertz CT molecular complexity index is 760. The minimum atomic E-state index is -0.631. The van der Waals surface area contributed by atoms with Crippen LogP contribution >= 0.6 is 11.6 Å². The Balaban J connectivity index is 1.67. The minimum Gasteiger partial charge on any atom is -0.481 e. The predicted molar refractivity (Wildman–Crippen MR) is 106 cm³/mol. The fourth-order valence-corrected chi connectivity index (χ4v) is 3.12. The summed E-state index contributed by atoms with van der Waals surface area (Å²) in [6, 6.07) is 14.9. The average Bonchev–Trinajstić information content (AvgIpc) is 2.63. The van der Waals surface area contributed by atoms with Gasteiger partial charge in [-0.3, -0.25) is 4.79 Å². The number of halogens is 1. The number of piperazine rings is 1. The Morgan fingerprint density at radius 1 is 1.12 bits per heavy atom. The lowest BCUT2D eigenvalue weighted by molar-refractivity contribution is -0.122. The Hall–Kier alpha value is -2.24. The van der Waals surface area contributed by atoms with E-state index in [4.69, 9.17) is 16.3 Å². The van der Waals surface area contributed by atoms with Crippen LogP contribution in [-0.4, -0.2) is 50.1 Å². The normalized spacial score (nSPS) is 16.2. The molecule has 0 aliphatic carbocycles. The van der Waals surface area contributed by atoms with Gasteiger partial charge in [0, 0.05) is 31.2 Å². The van der Waals surface area contributed by atoms with Crippen molar-refractivity contribution in [3.8, 4) is 5.75 Å². The van der Waals surface area contributed by atoms with E-state index >= 15 is 0 Å².